The Bertz CT molecular complexity index is 45.3. The molecule has 0 fully saturated rings. The molecule has 0 radical (unpaired) electrons. The van der Waals surface area contributed by atoms with E-state index in [9.17, 15) is 0 Å². The fourth-order valence-electron chi connectivity index (χ4n) is 0.341. The summed E-state index contributed by atoms with van der Waals surface area (Å²) < 4.78 is 0. The van der Waals surface area contributed by atoms with Gasteiger partial charge in [0.2, 0.25) is 0 Å². The molecule has 0 amide bonds. The molecule has 0 aliphatic carbocycles. The smallest absolute Gasteiger partial charge is 0.0151 e. The largest absolute Gasteiger partial charge is 0.327 e. The van der Waals surface area contributed by atoms with E-state index in [1.165, 1.54) is 0 Å². The Morgan fingerprint density at radius 3 is 2.14 bits per heavy atom. The fraction of sp³-hybridized carbons (Fsp3) is 1.00. The van der Waals surface area contributed by atoms with E-state index in [0.29, 0.717) is 5.25 Å². The van der Waals surface area contributed by atoms with Crippen LogP contribution in [0.2, 0.25) is 0 Å². The van der Waals surface area contributed by atoms with Gasteiger partial charge in [0.05, 0.1) is 0 Å². The lowest BCUT2D eigenvalue weighted by molar-refractivity contribution is 0.645. The van der Waals surface area contributed by atoms with Crippen LogP contribution in [0.5, 0.6) is 0 Å². The van der Waals surface area contributed by atoms with Crippen LogP contribution in [0.4, 0.5) is 0 Å². The van der Waals surface area contributed by atoms with Crippen molar-refractivity contribution >= 4 is 12.6 Å². The SMILES string of the molecule is CCC(N)C(C)S. The van der Waals surface area contributed by atoms with E-state index in [-0.39, 0.29) is 6.04 Å². The van der Waals surface area contributed by atoms with Gasteiger partial charge < -0.3 is 5.73 Å². The van der Waals surface area contributed by atoms with Crippen LogP contribution in [0.1, 0.15) is 20.3 Å². The summed E-state index contributed by atoms with van der Waals surface area (Å²) in [6.45, 7) is 4.08. The molecule has 0 rings (SSSR count). The van der Waals surface area contributed by atoms with Crippen LogP contribution < -0.4 is 5.73 Å². The Balaban J connectivity index is 3.14. The molecule has 0 aromatic heterocycles. The van der Waals surface area contributed by atoms with Gasteiger partial charge in [-0.05, 0) is 6.42 Å². The highest BCUT2D eigenvalue weighted by molar-refractivity contribution is 7.81. The van der Waals surface area contributed by atoms with E-state index in [1.54, 1.807) is 0 Å². The van der Waals surface area contributed by atoms with Crippen LogP contribution >= 0.6 is 12.6 Å². The molecule has 44 valence electrons. The summed E-state index contributed by atoms with van der Waals surface area (Å²) in [5, 5.41) is 0.338. The van der Waals surface area contributed by atoms with Crippen molar-refractivity contribution in [1.29, 1.82) is 0 Å². The predicted octanol–water partition coefficient (Wildman–Crippen LogP) is 1.04. The highest BCUT2D eigenvalue weighted by Gasteiger charge is 2.02. The van der Waals surface area contributed by atoms with E-state index in [4.69, 9.17) is 5.73 Å². The van der Waals surface area contributed by atoms with Crippen LogP contribution in [-0.4, -0.2) is 11.3 Å². The third-order valence-electron chi connectivity index (χ3n) is 1.09. The first-order valence-corrected chi connectivity index (χ1v) is 3.13. The monoisotopic (exact) mass is 119 g/mol. The topological polar surface area (TPSA) is 26.0 Å². The third-order valence-corrected chi connectivity index (χ3v) is 1.47. The predicted molar refractivity (Wildman–Crippen MR) is 36.7 cm³/mol. The quantitative estimate of drug-likeness (QED) is 0.522. The summed E-state index contributed by atoms with van der Waals surface area (Å²) >= 11 is 4.15. The number of rotatable bonds is 2. The van der Waals surface area contributed by atoms with Crippen molar-refractivity contribution < 1.29 is 0 Å². The minimum absolute atomic E-state index is 0.267. The summed E-state index contributed by atoms with van der Waals surface area (Å²) in [4.78, 5) is 0. The zero-order valence-electron chi connectivity index (χ0n) is 4.89. The molecule has 0 saturated carbocycles. The van der Waals surface area contributed by atoms with Crippen LogP contribution in [0.3, 0.4) is 0 Å². The van der Waals surface area contributed by atoms with E-state index in [2.05, 4.69) is 19.6 Å². The van der Waals surface area contributed by atoms with Gasteiger partial charge in [-0.2, -0.15) is 12.6 Å². The first kappa shape index (κ1) is 7.31. The second-order valence-electron chi connectivity index (χ2n) is 1.81. The van der Waals surface area contributed by atoms with Gasteiger partial charge in [-0.1, -0.05) is 13.8 Å². The second kappa shape index (κ2) is 3.33. The second-order valence-corrected chi connectivity index (χ2v) is 2.63. The molecule has 0 aliphatic heterocycles. The maximum Gasteiger partial charge on any atom is 0.0151 e. The summed E-state index contributed by atoms with van der Waals surface area (Å²) in [5.74, 6) is 0. The lowest BCUT2D eigenvalue weighted by Crippen LogP contribution is -2.27. The number of hydrogen-bond donors (Lipinski definition) is 2. The zero-order chi connectivity index (χ0) is 5.86. The van der Waals surface area contributed by atoms with Gasteiger partial charge >= 0.3 is 0 Å². The maximum atomic E-state index is 5.54. The van der Waals surface area contributed by atoms with Gasteiger partial charge in [-0.3, -0.25) is 0 Å². The normalized spacial score (nSPS) is 18.9. The number of thiol groups is 1. The third kappa shape index (κ3) is 2.94. The van der Waals surface area contributed by atoms with Crippen molar-refractivity contribution in [3.8, 4) is 0 Å². The summed E-state index contributed by atoms with van der Waals surface area (Å²) in [7, 11) is 0. The van der Waals surface area contributed by atoms with Crippen LogP contribution in [0.25, 0.3) is 0 Å². The molecule has 7 heavy (non-hydrogen) atoms. The minimum Gasteiger partial charge on any atom is -0.327 e. The molecule has 2 atom stereocenters. The summed E-state index contributed by atoms with van der Waals surface area (Å²) in [6, 6.07) is 0.267. The summed E-state index contributed by atoms with van der Waals surface area (Å²) in [5.41, 5.74) is 5.54. The Morgan fingerprint density at radius 2 is 2.14 bits per heavy atom. The van der Waals surface area contributed by atoms with E-state index < -0.39 is 0 Å². The Labute approximate surface area is 50.7 Å². The molecular weight excluding hydrogens is 106 g/mol. The molecule has 2 heteroatoms. The Hall–Kier alpha value is 0.310. The molecule has 1 nitrogen and oxygen atoms in total. The average molecular weight is 119 g/mol. The van der Waals surface area contributed by atoms with Crippen molar-refractivity contribution in [3.63, 3.8) is 0 Å². The first-order valence-electron chi connectivity index (χ1n) is 2.62. The van der Waals surface area contributed by atoms with Gasteiger partial charge in [0, 0.05) is 11.3 Å². The molecule has 0 aromatic rings. The molecule has 0 aromatic carbocycles. The Morgan fingerprint density at radius 1 is 1.71 bits per heavy atom. The van der Waals surface area contributed by atoms with Gasteiger partial charge in [-0.25, -0.2) is 0 Å². The van der Waals surface area contributed by atoms with E-state index in [1.807, 2.05) is 6.92 Å². The van der Waals surface area contributed by atoms with Crippen molar-refractivity contribution in [2.45, 2.75) is 31.6 Å². The van der Waals surface area contributed by atoms with Gasteiger partial charge in [0.1, 0.15) is 0 Å². The van der Waals surface area contributed by atoms with Crippen molar-refractivity contribution in [3.05, 3.63) is 0 Å². The molecule has 2 N–H and O–H groups in total. The molecule has 2 unspecified atom stereocenters. The van der Waals surface area contributed by atoms with Crippen LogP contribution in [0, 0.1) is 0 Å². The first-order chi connectivity index (χ1) is 3.18. The van der Waals surface area contributed by atoms with Crippen molar-refractivity contribution in [1.82, 2.24) is 0 Å². The number of hydrogen-bond acceptors (Lipinski definition) is 2. The van der Waals surface area contributed by atoms with Crippen molar-refractivity contribution in [2.24, 2.45) is 5.73 Å². The average Bonchev–Trinajstić information content (AvgIpc) is 1.65. The molecule has 0 heterocycles. The molecule has 0 spiro atoms. The molecule has 0 bridgehead atoms. The lowest BCUT2D eigenvalue weighted by Gasteiger charge is -2.10. The zero-order valence-corrected chi connectivity index (χ0v) is 5.78. The minimum atomic E-state index is 0.267. The molecular formula is C5H13NS. The summed E-state index contributed by atoms with van der Waals surface area (Å²) in [6.07, 6.45) is 1.02. The van der Waals surface area contributed by atoms with Crippen LogP contribution in [0.15, 0.2) is 0 Å². The van der Waals surface area contributed by atoms with Gasteiger partial charge in [-0.15, -0.1) is 0 Å². The Kier molecular flexibility index (Phi) is 3.48. The molecule has 0 aliphatic rings. The van der Waals surface area contributed by atoms with Crippen molar-refractivity contribution in [2.75, 3.05) is 0 Å². The highest BCUT2D eigenvalue weighted by Crippen LogP contribution is 1.99. The standard InChI is InChI=1S/C5H13NS/c1-3-5(6)4(2)7/h4-5,7H,3,6H2,1-2H3. The van der Waals surface area contributed by atoms with Crippen LogP contribution in [-0.2, 0) is 0 Å². The number of nitrogens with two attached hydrogens (primary N) is 1. The van der Waals surface area contributed by atoms with Gasteiger partial charge in [0.15, 0.2) is 0 Å². The highest BCUT2D eigenvalue weighted by atomic mass is 32.1. The van der Waals surface area contributed by atoms with E-state index in [0.717, 1.165) is 6.42 Å². The van der Waals surface area contributed by atoms with Gasteiger partial charge in [0.25, 0.3) is 0 Å². The molecule has 0 saturated heterocycles. The fourth-order valence-corrected chi connectivity index (χ4v) is 0.552. The lowest BCUT2D eigenvalue weighted by atomic mass is 10.2. The van der Waals surface area contributed by atoms with E-state index >= 15 is 0 Å². The maximum absolute atomic E-state index is 5.54.